The fourth-order valence-electron chi connectivity index (χ4n) is 7.04. The van der Waals surface area contributed by atoms with Crippen molar-refractivity contribution in [1.29, 1.82) is 0 Å². The van der Waals surface area contributed by atoms with Crippen molar-refractivity contribution in [3.05, 3.63) is 76.4 Å². The molecule has 210 valence electrons. The first-order chi connectivity index (χ1) is 19.2. The molecule has 1 amide bonds. The topological polar surface area (TPSA) is 63.5 Å². The Balaban J connectivity index is 1.22. The molecule has 0 aliphatic carbocycles. The maximum absolute atomic E-state index is 15.9. The molecule has 0 saturated carbocycles. The van der Waals surface area contributed by atoms with Crippen LogP contribution >= 0.6 is 0 Å². The first kappa shape index (κ1) is 25.6. The van der Waals surface area contributed by atoms with Gasteiger partial charge in [-0.1, -0.05) is 12.1 Å². The first-order valence-corrected chi connectivity index (χ1v) is 13.6. The minimum atomic E-state index is -4.59. The third-order valence-corrected chi connectivity index (χ3v) is 9.29. The van der Waals surface area contributed by atoms with Gasteiger partial charge in [-0.25, -0.2) is 4.39 Å². The Labute approximate surface area is 228 Å². The van der Waals surface area contributed by atoms with E-state index < -0.39 is 29.2 Å². The summed E-state index contributed by atoms with van der Waals surface area (Å²) in [5.74, 6) is -0.319. The molecule has 0 radical (unpaired) electrons. The number of amides is 1. The van der Waals surface area contributed by atoms with Crippen LogP contribution in [0.3, 0.4) is 0 Å². The third-order valence-electron chi connectivity index (χ3n) is 9.29. The number of alkyl halides is 4. The van der Waals surface area contributed by atoms with Crippen molar-refractivity contribution in [2.45, 2.75) is 68.6 Å². The van der Waals surface area contributed by atoms with Gasteiger partial charge in [0.2, 0.25) is 0 Å². The van der Waals surface area contributed by atoms with Gasteiger partial charge in [0.15, 0.2) is 12.0 Å². The highest BCUT2D eigenvalue weighted by Crippen LogP contribution is 2.47. The number of nitrogens with zero attached hydrogens (tertiary/aromatic N) is 5. The van der Waals surface area contributed by atoms with Gasteiger partial charge in [-0.15, -0.1) is 10.2 Å². The van der Waals surface area contributed by atoms with Gasteiger partial charge in [0.1, 0.15) is 6.33 Å². The van der Waals surface area contributed by atoms with E-state index in [0.717, 1.165) is 25.7 Å². The molecule has 2 aromatic carbocycles. The number of benzene rings is 2. The Morgan fingerprint density at radius 2 is 1.82 bits per heavy atom. The molecule has 4 aliphatic heterocycles. The van der Waals surface area contributed by atoms with Crippen molar-refractivity contribution in [1.82, 2.24) is 19.7 Å². The van der Waals surface area contributed by atoms with Gasteiger partial charge in [0, 0.05) is 36.9 Å². The smallest absolute Gasteiger partial charge is 0.379 e. The predicted molar refractivity (Wildman–Crippen MR) is 137 cm³/mol. The highest BCUT2D eigenvalue weighted by molar-refractivity contribution is 6.10. The molecule has 4 aliphatic rings. The van der Waals surface area contributed by atoms with E-state index in [1.165, 1.54) is 21.9 Å². The van der Waals surface area contributed by atoms with E-state index in [9.17, 15) is 18.0 Å². The summed E-state index contributed by atoms with van der Waals surface area (Å²) in [6.07, 6.45) is -0.376. The average Bonchev–Trinajstić information content (AvgIpc) is 3.67. The molecule has 3 aromatic rings. The maximum Gasteiger partial charge on any atom is 0.416 e. The molecule has 7 nitrogen and oxygen atoms in total. The van der Waals surface area contributed by atoms with Crippen LogP contribution in [-0.4, -0.2) is 50.9 Å². The number of hydrogen-bond acceptors (Lipinski definition) is 5. The van der Waals surface area contributed by atoms with Crippen LogP contribution in [0.15, 0.2) is 42.7 Å². The zero-order valence-electron chi connectivity index (χ0n) is 22.0. The molecule has 0 N–H and O–H groups in total. The van der Waals surface area contributed by atoms with Crippen LogP contribution < -0.4 is 4.90 Å². The van der Waals surface area contributed by atoms with Gasteiger partial charge in [-0.2, -0.15) is 13.2 Å². The number of aryl methyl sites for hydroxylation is 1. The largest absolute Gasteiger partial charge is 0.416 e. The molecule has 40 heavy (non-hydrogen) atoms. The first-order valence-electron chi connectivity index (χ1n) is 13.6. The number of aromatic nitrogens is 3. The SMILES string of the molecule is Cn1cnnc1[C@@H](F)C1(c2cccc(N3Cc4c(cc(CN5C6CCC5CC6)cc4C(F)(F)F)C3=O)c2)COC1. The Kier molecular flexibility index (Phi) is 5.84. The number of rotatable bonds is 6. The summed E-state index contributed by atoms with van der Waals surface area (Å²) in [6, 6.07) is 10.5. The van der Waals surface area contributed by atoms with E-state index in [0.29, 0.717) is 35.4 Å². The number of ether oxygens (including phenoxy) is 1. The van der Waals surface area contributed by atoms with E-state index >= 15 is 4.39 Å². The lowest BCUT2D eigenvalue weighted by atomic mass is 9.74. The monoisotopic (exact) mass is 555 g/mol. The summed E-state index contributed by atoms with van der Waals surface area (Å²) in [4.78, 5) is 17.3. The molecule has 7 rings (SSSR count). The normalized spacial score (nSPS) is 24.4. The minimum absolute atomic E-state index is 0.0137. The molecule has 3 saturated heterocycles. The number of carbonyl (C=O) groups is 1. The van der Waals surface area contributed by atoms with Crippen LogP contribution in [0.2, 0.25) is 0 Å². The van der Waals surface area contributed by atoms with Crippen LogP contribution in [0, 0.1) is 0 Å². The quantitative estimate of drug-likeness (QED) is 0.396. The van der Waals surface area contributed by atoms with Crippen LogP contribution in [-0.2, 0) is 36.5 Å². The molecule has 1 atom stereocenters. The fourth-order valence-corrected chi connectivity index (χ4v) is 7.04. The average molecular weight is 556 g/mol. The van der Waals surface area contributed by atoms with E-state index in [1.54, 1.807) is 37.4 Å². The number of fused-ring (bicyclic) bond motifs is 3. The zero-order valence-corrected chi connectivity index (χ0v) is 22.0. The Morgan fingerprint density at radius 1 is 1.10 bits per heavy atom. The number of halogens is 4. The summed E-state index contributed by atoms with van der Waals surface area (Å²) in [6.45, 7) is 0.432. The standard InChI is InChI=1S/C29H29F4N5O2/c1-36-16-34-35-26(36)25(30)28(14-40-15-28)18-3-2-4-21(11-18)38-13-23-22(27(38)39)9-17(10-24(23)29(31,32)33)12-37-19-5-6-20(37)8-7-19/h2-4,9-11,16,19-20,25H,5-8,12-15H2,1H3/t19?,20?,25-/m1/s1. The number of anilines is 1. The lowest BCUT2D eigenvalue weighted by Gasteiger charge is -2.43. The lowest BCUT2D eigenvalue weighted by molar-refractivity contribution is -0.138. The second-order valence-electron chi connectivity index (χ2n) is 11.6. The maximum atomic E-state index is 15.9. The van der Waals surface area contributed by atoms with Crippen LogP contribution in [0.5, 0.6) is 0 Å². The highest BCUT2D eigenvalue weighted by Gasteiger charge is 2.51. The summed E-state index contributed by atoms with van der Waals surface area (Å²) in [5, 5.41) is 7.71. The van der Waals surface area contributed by atoms with Crippen LogP contribution in [0.1, 0.15) is 70.3 Å². The van der Waals surface area contributed by atoms with Crippen molar-refractivity contribution in [2.24, 2.45) is 7.05 Å². The molecule has 11 heteroatoms. The molecule has 0 spiro atoms. The van der Waals surface area contributed by atoms with Crippen molar-refractivity contribution in [3.63, 3.8) is 0 Å². The zero-order chi connectivity index (χ0) is 27.8. The number of hydrogen-bond donors (Lipinski definition) is 0. The molecule has 1 aromatic heterocycles. The highest BCUT2D eigenvalue weighted by atomic mass is 19.4. The fraction of sp³-hybridized carbons (Fsp3) is 0.483. The van der Waals surface area contributed by atoms with Gasteiger partial charge in [-0.3, -0.25) is 9.69 Å². The molecule has 3 fully saturated rings. The summed E-state index contributed by atoms with van der Waals surface area (Å²) in [7, 11) is 1.66. The van der Waals surface area contributed by atoms with E-state index in [1.807, 2.05) is 0 Å². The summed E-state index contributed by atoms with van der Waals surface area (Å²) < 4.78 is 65.6. The predicted octanol–water partition coefficient (Wildman–Crippen LogP) is 5.10. The number of carbonyl (C=O) groups excluding carboxylic acids is 1. The van der Waals surface area contributed by atoms with Crippen molar-refractivity contribution >= 4 is 11.6 Å². The van der Waals surface area contributed by atoms with Crippen molar-refractivity contribution < 1.29 is 27.1 Å². The van der Waals surface area contributed by atoms with Gasteiger partial charge in [-0.05, 0) is 66.6 Å². The second-order valence-corrected chi connectivity index (χ2v) is 11.6. The molecular weight excluding hydrogens is 526 g/mol. The van der Waals surface area contributed by atoms with Gasteiger partial charge < -0.3 is 14.2 Å². The van der Waals surface area contributed by atoms with Gasteiger partial charge in [0.25, 0.3) is 5.91 Å². The van der Waals surface area contributed by atoms with Crippen molar-refractivity contribution in [2.75, 3.05) is 18.1 Å². The Bertz CT molecular complexity index is 1460. The molecular formula is C29H29F4N5O2. The molecule has 5 heterocycles. The third kappa shape index (κ3) is 3.88. The van der Waals surface area contributed by atoms with E-state index in [4.69, 9.17) is 4.74 Å². The summed E-state index contributed by atoms with van der Waals surface area (Å²) >= 11 is 0. The molecule has 2 bridgehead atoms. The lowest BCUT2D eigenvalue weighted by Crippen LogP contribution is -2.50. The van der Waals surface area contributed by atoms with E-state index in [2.05, 4.69) is 15.1 Å². The Morgan fingerprint density at radius 3 is 2.42 bits per heavy atom. The van der Waals surface area contributed by atoms with Crippen LogP contribution in [0.4, 0.5) is 23.2 Å². The second kappa shape index (κ2) is 9.10. The van der Waals surface area contributed by atoms with Gasteiger partial charge >= 0.3 is 6.18 Å². The van der Waals surface area contributed by atoms with Crippen LogP contribution in [0.25, 0.3) is 0 Å². The molecule has 0 unspecified atom stereocenters. The van der Waals surface area contributed by atoms with Crippen molar-refractivity contribution in [3.8, 4) is 0 Å². The van der Waals surface area contributed by atoms with Gasteiger partial charge in [0.05, 0.1) is 30.7 Å². The Hall–Kier alpha value is -3.31. The minimum Gasteiger partial charge on any atom is -0.379 e. The van der Waals surface area contributed by atoms with E-state index in [-0.39, 0.29) is 36.7 Å². The summed E-state index contributed by atoms with van der Waals surface area (Å²) in [5.41, 5.74) is -0.187.